The summed E-state index contributed by atoms with van der Waals surface area (Å²) in [6, 6.07) is 16.4. The van der Waals surface area contributed by atoms with Gasteiger partial charge in [0.15, 0.2) is 0 Å². The lowest BCUT2D eigenvalue weighted by molar-refractivity contribution is 0.188. The third kappa shape index (κ3) is 5.15. The molecule has 2 rings (SSSR count). The predicted octanol–water partition coefficient (Wildman–Crippen LogP) is 6.25. The zero-order chi connectivity index (χ0) is 15.2. The summed E-state index contributed by atoms with van der Waals surface area (Å²) in [5.74, 6) is 1.49. The average molecular weight is 412 g/mol. The molecule has 0 aliphatic heterocycles. The van der Waals surface area contributed by atoms with Crippen molar-refractivity contribution >= 4 is 31.9 Å². The third-order valence-corrected chi connectivity index (χ3v) is 4.85. The molecule has 2 aromatic carbocycles. The summed E-state index contributed by atoms with van der Waals surface area (Å²) in [4.78, 5) is 0. The highest BCUT2D eigenvalue weighted by Crippen LogP contribution is 2.27. The summed E-state index contributed by atoms with van der Waals surface area (Å²) in [7, 11) is 0. The Bertz CT molecular complexity index is 531. The van der Waals surface area contributed by atoms with Crippen LogP contribution in [-0.4, -0.2) is 6.10 Å². The molecule has 0 bridgehead atoms. The quantitative estimate of drug-likeness (QED) is 0.545. The molecular weight excluding hydrogens is 392 g/mol. The normalized spacial score (nSPS) is 13.7. The second-order valence-corrected chi connectivity index (χ2v) is 7.20. The maximum absolute atomic E-state index is 6.03. The Morgan fingerprint density at radius 2 is 1.52 bits per heavy atom. The van der Waals surface area contributed by atoms with E-state index in [1.54, 1.807) is 0 Å². The second-order valence-electron chi connectivity index (χ2n) is 5.50. The monoisotopic (exact) mass is 410 g/mol. The van der Waals surface area contributed by atoms with Crippen LogP contribution in [0.15, 0.2) is 57.5 Å². The molecular formula is C18H20Br2O. The van der Waals surface area contributed by atoms with Gasteiger partial charge in [-0.3, -0.25) is 0 Å². The van der Waals surface area contributed by atoms with Crippen molar-refractivity contribution in [3.8, 4) is 5.75 Å². The molecule has 3 heteroatoms. The van der Waals surface area contributed by atoms with Gasteiger partial charge in [-0.1, -0.05) is 53.2 Å². The van der Waals surface area contributed by atoms with Crippen LogP contribution in [0.2, 0.25) is 0 Å². The van der Waals surface area contributed by atoms with E-state index in [2.05, 4.69) is 70.0 Å². The van der Waals surface area contributed by atoms with Crippen molar-refractivity contribution in [3.05, 3.63) is 63.0 Å². The van der Waals surface area contributed by atoms with Crippen LogP contribution in [0.3, 0.4) is 0 Å². The first kappa shape index (κ1) is 16.6. The first-order chi connectivity index (χ1) is 10.1. The summed E-state index contributed by atoms with van der Waals surface area (Å²) in [5, 5.41) is 0. The van der Waals surface area contributed by atoms with Gasteiger partial charge in [-0.05, 0) is 65.4 Å². The molecule has 0 aliphatic rings. The van der Waals surface area contributed by atoms with Gasteiger partial charge in [0.05, 0.1) is 10.6 Å². The standard InChI is InChI=1S/C18H20Br2O/c1-13(12-15-7-3-4-8-16(15)19)11-14(2)21-18-10-6-5-9-17(18)20/h3-10,13-14H,11-12H2,1-2H3/t13-,14-/m0/s1. The van der Waals surface area contributed by atoms with Crippen molar-refractivity contribution in [2.24, 2.45) is 5.92 Å². The van der Waals surface area contributed by atoms with Crippen LogP contribution in [0, 0.1) is 5.92 Å². The van der Waals surface area contributed by atoms with Crippen molar-refractivity contribution in [3.63, 3.8) is 0 Å². The predicted molar refractivity (Wildman–Crippen MR) is 95.9 cm³/mol. The molecule has 0 aliphatic carbocycles. The first-order valence-electron chi connectivity index (χ1n) is 7.21. The van der Waals surface area contributed by atoms with E-state index in [0.29, 0.717) is 5.92 Å². The Balaban J connectivity index is 1.89. The molecule has 112 valence electrons. The topological polar surface area (TPSA) is 9.23 Å². The minimum atomic E-state index is 0.196. The molecule has 0 radical (unpaired) electrons. The van der Waals surface area contributed by atoms with E-state index >= 15 is 0 Å². The smallest absolute Gasteiger partial charge is 0.133 e. The summed E-state index contributed by atoms with van der Waals surface area (Å²) < 4.78 is 8.23. The second kappa shape index (κ2) is 8.00. The average Bonchev–Trinajstić information content (AvgIpc) is 2.44. The van der Waals surface area contributed by atoms with Crippen molar-refractivity contribution < 1.29 is 4.74 Å². The highest BCUT2D eigenvalue weighted by Gasteiger charge is 2.13. The Hall–Kier alpha value is -0.800. The molecule has 0 aromatic heterocycles. The minimum Gasteiger partial charge on any atom is -0.490 e. The SMILES string of the molecule is C[C@H](Cc1ccccc1Br)C[C@H](C)Oc1ccccc1Br. The molecule has 2 aromatic rings. The Morgan fingerprint density at radius 3 is 2.19 bits per heavy atom. The van der Waals surface area contributed by atoms with Gasteiger partial charge < -0.3 is 4.74 Å². The zero-order valence-electron chi connectivity index (χ0n) is 12.4. The largest absolute Gasteiger partial charge is 0.490 e. The lowest BCUT2D eigenvalue weighted by atomic mass is 9.96. The lowest BCUT2D eigenvalue weighted by Crippen LogP contribution is -2.17. The molecule has 0 unspecified atom stereocenters. The molecule has 0 heterocycles. The first-order valence-corrected chi connectivity index (χ1v) is 8.79. The van der Waals surface area contributed by atoms with Gasteiger partial charge in [0.2, 0.25) is 0 Å². The molecule has 0 spiro atoms. The molecule has 21 heavy (non-hydrogen) atoms. The summed E-state index contributed by atoms with van der Waals surface area (Å²) in [5.41, 5.74) is 1.36. The van der Waals surface area contributed by atoms with Crippen molar-refractivity contribution in [1.29, 1.82) is 0 Å². The maximum Gasteiger partial charge on any atom is 0.133 e. The van der Waals surface area contributed by atoms with Gasteiger partial charge >= 0.3 is 0 Å². The van der Waals surface area contributed by atoms with Crippen LogP contribution >= 0.6 is 31.9 Å². The van der Waals surface area contributed by atoms with Crippen molar-refractivity contribution in [2.45, 2.75) is 32.8 Å². The highest BCUT2D eigenvalue weighted by atomic mass is 79.9. The van der Waals surface area contributed by atoms with Gasteiger partial charge in [-0.15, -0.1) is 0 Å². The van der Waals surface area contributed by atoms with E-state index < -0.39 is 0 Å². The van der Waals surface area contributed by atoms with Gasteiger partial charge in [-0.2, -0.15) is 0 Å². The van der Waals surface area contributed by atoms with Crippen LogP contribution in [0.5, 0.6) is 5.75 Å². The number of rotatable bonds is 6. The third-order valence-electron chi connectivity index (χ3n) is 3.43. The molecule has 2 atom stereocenters. The van der Waals surface area contributed by atoms with Crippen molar-refractivity contribution in [2.75, 3.05) is 0 Å². The molecule has 0 saturated carbocycles. The number of hydrogen-bond acceptors (Lipinski definition) is 1. The van der Waals surface area contributed by atoms with Crippen LogP contribution < -0.4 is 4.74 Å². The minimum absolute atomic E-state index is 0.196. The van der Waals surface area contributed by atoms with E-state index in [1.807, 2.05) is 24.3 Å². The molecule has 0 amide bonds. The van der Waals surface area contributed by atoms with Gasteiger partial charge in [0.25, 0.3) is 0 Å². The van der Waals surface area contributed by atoms with Crippen LogP contribution in [-0.2, 0) is 6.42 Å². The Morgan fingerprint density at radius 1 is 0.905 bits per heavy atom. The number of halogens is 2. The zero-order valence-corrected chi connectivity index (χ0v) is 15.5. The van der Waals surface area contributed by atoms with Crippen LogP contribution in [0.25, 0.3) is 0 Å². The molecule has 0 fully saturated rings. The lowest BCUT2D eigenvalue weighted by Gasteiger charge is -2.20. The van der Waals surface area contributed by atoms with Gasteiger partial charge in [-0.25, -0.2) is 0 Å². The van der Waals surface area contributed by atoms with Gasteiger partial charge in [0.1, 0.15) is 5.75 Å². The number of ether oxygens (including phenoxy) is 1. The van der Waals surface area contributed by atoms with Crippen LogP contribution in [0.4, 0.5) is 0 Å². The fourth-order valence-corrected chi connectivity index (χ4v) is 3.32. The molecule has 0 N–H and O–H groups in total. The molecule has 0 saturated heterocycles. The number of hydrogen-bond donors (Lipinski definition) is 0. The fourth-order valence-electron chi connectivity index (χ4n) is 2.49. The molecule has 1 nitrogen and oxygen atoms in total. The number of benzene rings is 2. The van der Waals surface area contributed by atoms with Crippen molar-refractivity contribution in [1.82, 2.24) is 0 Å². The van der Waals surface area contributed by atoms with Gasteiger partial charge in [0, 0.05) is 4.47 Å². The van der Waals surface area contributed by atoms with E-state index in [4.69, 9.17) is 4.74 Å². The summed E-state index contributed by atoms with van der Waals surface area (Å²) in [6.45, 7) is 4.41. The maximum atomic E-state index is 6.03. The van der Waals surface area contributed by atoms with E-state index in [9.17, 15) is 0 Å². The summed E-state index contributed by atoms with van der Waals surface area (Å²) >= 11 is 7.14. The fraction of sp³-hybridized carbons (Fsp3) is 0.333. The summed E-state index contributed by atoms with van der Waals surface area (Å²) in [6.07, 6.45) is 2.29. The van der Waals surface area contributed by atoms with E-state index in [0.717, 1.165) is 23.1 Å². The van der Waals surface area contributed by atoms with E-state index in [1.165, 1.54) is 10.0 Å². The van der Waals surface area contributed by atoms with Crippen LogP contribution in [0.1, 0.15) is 25.8 Å². The Kier molecular flexibility index (Phi) is 6.31. The Labute approximate surface area is 144 Å². The number of para-hydroxylation sites is 1. The van der Waals surface area contributed by atoms with E-state index in [-0.39, 0.29) is 6.10 Å². The highest BCUT2D eigenvalue weighted by molar-refractivity contribution is 9.10.